The van der Waals surface area contributed by atoms with Crippen molar-refractivity contribution in [2.45, 2.75) is 20.4 Å². The molecule has 1 aliphatic heterocycles. The van der Waals surface area contributed by atoms with Gasteiger partial charge in [-0.2, -0.15) is 0 Å². The van der Waals surface area contributed by atoms with E-state index in [1.165, 1.54) is 5.57 Å². The van der Waals surface area contributed by atoms with Crippen molar-refractivity contribution >= 4 is 17.0 Å². The van der Waals surface area contributed by atoms with Crippen LogP contribution >= 0.6 is 0 Å². The molecule has 0 aromatic carbocycles. The summed E-state index contributed by atoms with van der Waals surface area (Å²) in [5.41, 5.74) is 2.65. The molecule has 0 spiro atoms. The summed E-state index contributed by atoms with van der Waals surface area (Å²) in [5.74, 6) is 0.853. The largest absolute Gasteiger partial charge is 0.352 e. The number of imidazole rings is 1. The van der Waals surface area contributed by atoms with E-state index in [-0.39, 0.29) is 5.69 Å². The van der Waals surface area contributed by atoms with E-state index in [2.05, 4.69) is 26.3 Å². The lowest BCUT2D eigenvalue weighted by atomic mass is 10.3. The second kappa shape index (κ2) is 5.92. The van der Waals surface area contributed by atoms with Crippen molar-refractivity contribution in [1.29, 1.82) is 0 Å². The molecule has 3 heterocycles. The van der Waals surface area contributed by atoms with Gasteiger partial charge in [0.05, 0.1) is 0 Å². The molecule has 0 aliphatic carbocycles. The molecular formula is C15H22N6O. The topological polar surface area (TPSA) is 68.0 Å². The maximum absolute atomic E-state index is 12.5. The Balaban J connectivity index is 2.18. The Morgan fingerprint density at radius 3 is 2.73 bits per heavy atom. The van der Waals surface area contributed by atoms with Gasteiger partial charge in [0, 0.05) is 39.8 Å². The lowest BCUT2D eigenvalue weighted by molar-refractivity contribution is 0.585. The van der Waals surface area contributed by atoms with Gasteiger partial charge in [0.25, 0.3) is 0 Å². The van der Waals surface area contributed by atoms with Gasteiger partial charge in [-0.3, -0.25) is 9.13 Å². The molecule has 0 bridgehead atoms. The zero-order valence-electron chi connectivity index (χ0n) is 13.3. The van der Waals surface area contributed by atoms with Gasteiger partial charge in [-0.15, -0.1) is 0 Å². The van der Waals surface area contributed by atoms with Crippen LogP contribution in [0.1, 0.15) is 13.8 Å². The molecule has 3 rings (SSSR count). The summed E-state index contributed by atoms with van der Waals surface area (Å²) in [7, 11) is 1.76. The predicted molar refractivity (Wildman–Crippen MR) is 87.3 cm³/mol. The van der Waals surface area contributed by atoms with Crippen molar-refractivity contribution in [2.75, 3.05) is 31.1 Å². The number of piperazine rings is 1. The lowest BCUT2D eigenvalue weighted by Gasteiger charge is -2.28. The number of nitrogens with zero attached hydrogens (tertiary/aromatic N) is 5. The Labute approximate surface area is 129 Å². The highest BCUT2D eigenvalue weighted by molar-refractivity contribution is 5.84. The summed E-state index contributed by atoms with van der Waals surface area (Å²) in [6.45, 7) is 8.24. The number of fused-ring (bicyclic) bond motifs is 1. The van der Waals surface area contributed by atoms with Crippen molar-refractivity contribution in [3.63, 3.8) is 0 Å². The fourth-order valence-corrected chi connectivity index (χ4v) is 2.77. The maximum Gasteiger partial charge on any atom is 0.330 e. The summed E-state index contributed by atoms with van der Waals surface area (Å²) in [4.78, 5) is 23.5. The summed E-state index contributed by atoms with van der Waals surface area (Å²) in [6, 6.07) is 0. The lowest BCUT2D eigenvalue weighted by Crippen LogP contribution is -2.44. The Morgan fingerprint density at radius 1 is 1.32 bits per heavy atom. The van der Waals surface area contributed by atoms with Crippen molar-refractivity contribution in [3.8, 4) is 0 Å². The number of nitrogens with one attached hydrogen (secondary N) is 1. The van der Waals surface area contributed by atoms with Crippen molar-refractivity contribution < 1.29 is 0 Å². The molecule has 7 nitrogen and oxygen atoms in total. The van der Waals surface area contributed by atoms with E-state index in [9.17, 15) is 4.79 Å². The molecule has 118 valence electrons. The molecule has 2 aromatic rings. The Kier molecular flexibility index (Phi) is 3.98. The van der Waals surface area contributed by atoms with Gasteiger partial charge < -0.3 is 10.2 Å². The van der Waals surface area contributed by atoms with Gasteiger partial charge in [0.2, 0.25) is 0 Å². The minimum atomic E-state index is -0.0515. The standard InChI is InChI=1S/C15H22N6O/c1-11(2)4-7-21-12-13(19(3)15(21)22)17-10-18-14(12)20-8-5-16-6-9-20/h4,10,16H,5-9H2,1-3H3. The summed E-state index contributed by atoms with van der Waals surface area (Å²) >= 11 is 0. The van der Waals surface area contributed by atoms with Crippen LogP contribution < -0.4 is 15.9 Å². The Morgan fingerprint density at radius 2 is 2.05 bits per heavy atom. The minimum absolute atomic E-state index is 0.0515. The highest BCUT2D eigenvalue weighted by Crippen LogP contribution is 2.22. The zero-order chi connectivity index (χ0) is 15.7. The van der Waals surface area contributed by atoms with E-state index in [0.29, 0.717) is 12.2 Å². The predicted octanol–water partition coefficient (Wildman–Crippen LogP) is 0.506. The van der Waals surface area contributed by atoms with Crippen LogP contribution in [0.3, 0.4) is 0 Å². The van der Waals surface area contributed by atoms with E-state index < -0.39 is 0 Å². The van der Waals surface area contributed by atoms with Crippen molar-refractivity contribution in [3.05, 3.63) is 28.5 Å². The molecule has 0 unspecified atom stereocenters. The van der Waals surface area contributed by atoms with Gasteiger partial charge in [0.1, 0.15) is 11.8 Å². The summed E-state index contributed by atoms with van der Waals surface area (Å²) in [5, 5.41) is 3.34. The molecule has 1 aliphatic rings. The first-order chi connectivity index (χ1) is 10.6. The third kappa shape index (κ3) is 2.52. The zero-order valence-corrected chi connectivity index (χ0v) is 13.3. The molecule has 0 atom stereocenters. The molecule has 1 fully saturated rings. The van der Waals surface area contributed by atoms with Gasteiger partial charge >= 0.3 is 5.69 Å². The molecular weight excluding hydrogens is 280 g/mol. The average Bonchev–Trinajstić information content (AvgIpc) is 2.78. The van der Waals surface area contributed by atoms with Crippen LogP contribution in [0.5, 0.6) is 0 Å². The van der Waals surface area contributed by atoms with Gasteiger partial charge in [-0.1, -0.05) is 11.6 Å². The van der Waals surface area contributed by atoms with Gasteiger partial charge in [-0.25, -0.2) is 14.8 Å². The van der Waals surface area contributed by atoms with E-state index >= 15 is 0 Å². The third-order valence-corrected chi connectivity index (χ3v) is 3.99. The second-order valence-electron chi connectivity index (χ2n) is 5.84. The van der Waals surface area contributed by atoms with E-state index in [4.69, 9.17) is 0 Å². The van der Waals surface area contributed by atoms with Crippen LogP contribution in [0, 0.1) is 0 Å². The number of anilines is 1. The highest BCUT2D eigenvalue weighted by atomic mass is 16.1. The van der Waals surface area contributed by atoms with Crippen LogP contribution in [0.4, 0.5) is 5.82 Å². The Hall–Kier alpha value is -2.15. The highest BCUT2D eigenvalue weighted by Gasteiger charge is 2.21. The van der Waals surface area contributed by atoms with E-state index in [1.807, 2.05) is 13.8 Å². The number of hydrogen-bond donors (Lipinski definition) is 1. The van der Waals surface area contributed by atoms with E-state index in [0.717, 1.165) is 37.5 Å². The Bertz CT molecular complexity index is 762. The number of aryl methyl sites for hydroxylation is 1. The number of aromatic nitrogens is 4. The van der Waals surface area contributed by atoms with Crippen molar-refractivity contribution in [1.82, 2.24) is 24.4 Å². The molecule has 0 amide bonds. The van der Waals surface area contributed by atoms with Crippen LogP contribution in [0.2, 0.25) is 0 Å². The summed E-state index contributed by atoms with van der Waals surface area (Å²) in [6.07, 6.45) is 3.60. The average molecular weight is 302 g/mol. The third-order valence-electron chi connectivity index (χ3n) is 3.99. The first kappa shape index (κ1) is 14.8. The normalized spacial score (nSPS) is 15.3. The SMILES string of the molecule is CC(C)=CCn1c(=O)n(C)c2ncnc(N3CCNCC3)c21. The molecule has 2 aromatic heterocycles. The van der Waals surface area contributed by atoms with Gasteiger partial charge in [0.15, 0.2) is 11.5 Å². The quantitative estimate of drug-likeness (QED) is 0.837. The van der Waals surface area contributed by atoms with Crippen LogP contribution in [0.25, 0.3) is 11.2 Å². The number of allylic oxidation sites excluding steroid dienone is 2. The molecule has 22 heavy (non-hydrogen) atoms. The summed E-state index contributed by atoms with van der Waals surface area (Å²) < 4.78 is 3.36. The van der Waals surface area contributed by atoms with E-state index in [1.54, 1.807) is 22.5 Å². The first-order valence-corrected chi connectivity index (χ1v) is 7.59. The molecule has 0 saturated carbocycles. The monoisotopic (exact) mass is 302 g/mol. The first-order valence-electron chi connectivity index (χ1n) is 7.59. The van der Waals surface area contributed by atoms with Crippen LogP contribution in [-0.4, -0.2) is 45.3 Å². The fourth-order valence-electron chi connectivity index (χ4n) is 2.77. The maximum atomic E-state index is 12.5. The van der Waals surface area contributed by atoms with Crippen molar-refractivity contribution in [2.24, 2.45) is 7.05 Å². The van der Waals surface area contributed by atoms with Gasteiger partial charge in [-0.05, 0) is 13.8 Å². The van der Waals surface area contributed by atoms with Crippen LogP contribution in [0.15, 0.2) is 22.8 Å². The molecule has 1 N–H and O–H groups in total. The fraction of sp³-hybridized carbons (Fsp3) is 0.533. The number of hydrogen-bond acceptors (Lipinski definition) is 5. The minimum Gasteiger partial charge on any atom is -0.352 e. The number of rotatable bonds is 3. The molecule has 0 radical (unpaired) electrons. The van der Waals surface area contributed by atoms with Crippen LogP contribution in [-0.2, 0) is 13.6 Å². The smallest absolute Gasteiger partial charge is 0.330 e. The molecule has 1 saturated heterocycles. The second-order valence-corrected chi connectivity index (χ2v) is 5.84. The molecule has 7 heteroatoms.